The minimum Gasteiger partial charge on any atom is -0.453 e. The van der Waals surface area contributed by atoms with Crippen molar-refractivity contribution in [2.75, 3.05) is 13.7 Å². The summed E-state index contributed by atoms with van der Waals surface area (Å²) >= 11 is 0. The molecule has 6 amide bonds. The maximum absolute atomic E-state index is 14.3. The fourth-order valence-corrected chi connectivity index (χ4v) is 6.50. The summed E-state index contributed by atoms with van der Waals surface area (Å²) < 4.78 is 4.55. The topological polar surface area (TPSA) is 192 Å². The second-order valence-electron chi connectivity index (χ2n) is 14.6. The van der Waals surface area contributed by atoms with Crippen LogP contribution in [0.1, 0.15) is 93.4 Å². The van der Waals surface area contributed by atoms with E-state index >= 15 is 0 Å². The molecule has 0 radical (unpaired) electrons. The first kappa shape index (κ1) is 37.7. The van der Waals surface area contributed by atoms with Crippen molar-refractivity contribution in [3.8, 4) is 0 Å². The van der Waals surface area contributed by atoms with Gasteiger partial charge in [0.05, 0.1) is 13.2 Å². The molecule has 0 aromatic heterocycles. The molecule has 5 N–H and O–H groups in total. The van der Waals surface area contributed by atoms with Gasteiger partial charge in [-0.05, 0) is 62.2 Å². The van der Waals surface area contributed by atoms with E-state index in [1.54, 1.807) is 34.6 Å². The summed E-state index contributed by atoms with van der Waals surface area (Å²) in [4.78, 5) is 93.5. The SMILES string of the molecule is CCC[C@H](NC(=O)C1[C@H]2CCC[C@H]2CN1C(=O)[C@@H](NC(=O)[C@@H](NC(=O)[C@H](C)NC(=O)OC)C(C)(C)C)C(C)C)C(=O)C(=O)NC1CC1. The van der Waals surface area contributed by atoms with E-state index in [9.17, 15) is 33.6 Å². The van der Waals surface area contributed by atoms with Crippen LogP contribution in [0.15, 0.2) is 0 Å². The van der Waals surface area contributed by atoms with Gasteiger partial charge in [-0.3, -0.25) is 28.8 Å². The highest BCUT2D eigenvalue weighted by Crippen LogP contribution is 2.42. The van der Waals surface area contributed by atoms with Crippen molar-refractivity contribution < 1.29 is 38.3 Å². The quantitative estimate of drug-likeness (QED) is 0.171. The van der Waals surface area contributed by atoms with E-state index in [0.29, 0.717) is 13.0 Å². The highest BCUT2D eigenvalue weighted by molar-refractivity contribution is 6.38. The monoisotopic (exact) mass is 662 g/mol. The van der Waals surface area contributed by atoms with E-state index < -0.39 is 77.0 Å². The molecule has 47 heavy (non-hydrogen) atoms. The zero-order valence-corrected chi connectivity index (χ0v) is 29.1. The lowest BCUT2D eigenvalue weighted by Gasteiger charge is -2.35. The average molecular weight is 663 g/mol. The third-order valence-corrected chi connectivity index (χ3v) is 9.35. The number of carbonyl (C=O) groups is 7. The van der Waals surface area contributed by atoms with Crippen LogP contribution in [0.4, 0.5) is 4.79 Å². The Morgan fingerprint density at radius 3 is 2.09 bits per heavy atom. The van der Waals surface area contributed by atoms with Crippen LogP contribution in [0, 0.1) is 23.2 Å². The number of hydrogen-bond acceptors (Lipinski definition) is 8. The summed E-state index contributed by atoms with van der Waals surface area (Å²) in [5.74, 6) is -3.86. The lowest BCUT2D eigenvalue weighted by molar-refractivity contribution is -0.145. The van der Waals surface area contributed by atoms with E-state index in [4.69, 9.17) is 0 Å². The first-order valence-corrected chi connectivity index (χ1v) is 16.9. The number of alkyl carbamates (subject to hydrolysis) is 1. The molecule has 3 aliphatic rings. The molecule has 2 saturated carbocycles. The molecule has 3 fully saturated rings. The predicted octanol–water partition coefficient (Wildman–Crippen LogP) is 1.16. The molecule has 0 spiro atoms. The normalized spacial score (nSPS) is 23.1. The molecule has 7 atom stereocenters. The van der Waals surface area contributed by atoms with Crippen LogP contribution in [-0.4, -0.2) is 96.2 Å². The van der Waals surface area contributed by atoms with Crippen molar-refractivity contribution in [1.82, 2.24) is 31.5 Å². The largest absolute Gasteiger partial charge is 0.453 e. The number of nitrogens with zero attached hydrogens (tertiary/aromatic N) is 1. The highest BCUT2D eigenvalue weighted by atomic mass is 16.5. The van der Waals surface area contributed by atoms with Gasteiger partial charge in [0.15, 0.2) is 0 Å². The molecule has 0 bridgehead atoms. The van der Waals surface area contributed by atoms with E-state index in [0.717, 1.165) is 32.1 Å². The third-order valence-electron chi connectivity index (χ3n) is 9.35. The lowest BCUT2D eigenvalue weighted by atomic mass is 9.85. The Kier molecular flexibility index (Phi) is 12.8. The zero-order valence-electron chi connectivity index (χ0n) is 29.1. The van der Waals surface area contributed by atoms with Crippen molar-refractivity contribution in [2.24, 2.45) is 23.2 Å². The summed E-state index contributed by atoms with van der Waals surface area (Å²) in [5.41, 5.74) is -0.769. The fraction of sp³-hybridized carbons (Fsp3) is 0.788. The predicted molar refractivity (Wildman–Crippen MR) is 172 cm³/mol. The van der Waals surface area contributed by atoms with E-state index in [1.165, 1.54) is 18.9 Å². The van der Waals surface area contributed by atoms with Crippen LogP contribution in [0.3, 0.4) is 0 Å². The van der Waals surface area contributed by atoms with Crippen LogP contribution in [0.25, 0.3) is 0 Å². The van der Waals surface area contributed by atoms with Crippen LogP contribution in [0.2, 0.25) is 0 Å². The van der Waals surface area contributed by atoms with Crippen molar-refractivity contribution in [3.05, 3.63) is 0 Å². The fourth-order valence-electron chi connectivity index (χ4n) is 6.50. The van der Waals surface area contributed by atoms with Gasteiger partial charge >= 0.3 is 6.09 Å². The molecule has 0 aromatic carbocycles. The third kappa shape index (κ3) is 9.66. The lowest BCUT2D eigenvalue weighted by Crippen LogP contribution is -2.62. The van der Waals surface area contributed by atoms with Crippen molar-refractivity contribution >= 4 is 41.4 Å². The maximum Gasteiger partial charge on any atom is 0.407 e. The number of amides is 6. The first-order valence-electron chi connectivity index (χ1n) is 16.9. The van der Waals surface area contributed by atoms with Gasteiger partial charge in [0.1, 0.15) is 24.2 Å². The molecule has 1 aliphatic heterocycles. The van der Waals surface area contributed by atoms with Crippen molar-refractivity contribution in [2.45, 2.75) is 130 Å². The van der Waals surface area contributed by atoms with Gasteiger partial charge in [-0.1, -0.05) is 54.4 Å². The highest BCUT2D eigenvalue weighted by Gasteiger charge is 2.51. The second kappa shape index (κ2) is 15.9. The molecule has 1 saturated heterocycles. The molecule has 14 heteroatoms. The number of nitrogens with one attached hydrogen (secondary N) is 5. The van der Waals surface area contributed by atoms with Gasteiger partial charge < -0.3 is 36.2 Å². The summed E-state index contributed by atoms with van der Waals surface area (Å²) in [6.07, 6.45) is 4.23. The van der Waals surface area contributed by atoms with E-state index in [2.05, 4.69) is 31.3 Å². The van der Waals surface area contributed by atoms with Gasteiger partial charge in [-0.15, -0.1) is 0 Å². The molecular weight excluding hydrogens is 608 g/mol. The van der Waals surface area contributed by atoms with Crippen LogP contribution >= 0.6 is 0 Å². The van der Waals surface area contributed by atoms with Crippen LogP contribution in [0.5, 0.6) is 0 Å². The second-order valence-corrected chi connectivity index (χ2v) is 14.6. The molecule has 1 heterocycles. The number of rotatable bonds is 14. The number of fused-ring (bicyclic) bond motifs is 1. The Morgan fingerprint density at radius 1 is 0.872 bits per heavy atom. The van der Waals surface area contributed by atoms with Crippen molar-refractivity contribution in [1.29, 1.82) is 0 Å². The van der Waals surface area contributed by atoms with Gasteiger partial charge in [0.25, 0.3) is 5.91 Å². The number of ketones is 1. The standard InChI is InChI=1S/C33H54N6O8/c1-9-11-22(25(40)29(43)35-20-14-15-20)36-28(42)24-21-13-10-12-19(21)16-39(24)31(45)23(17(2)3)37-30(44)26(33(5,6)7)38-27(41)18(4)34-32(46)47-8/h17-24,26H,9-16H2,1-8H3,(H,34,46)(H,35,43)(H,36,42)(H,37,44)(H,38,41)/t18-,19-,21-,22-,23-,24?,26+/m0/s1. The Bertz CT molecular complexity index is 1210. The minimum absolute atomic E-state index is 0.000857. The smallest absolute Gasteiger partial charge is 0.407 e. The van der Waals surface area contributed by atoms with Gasteiger partial charge in [0, 0.05) is 12.6 Å². The Morgan fingerprint density at radius 2 is 1.53 bits per heavy atom. The zero-order chi connectivity index (χ0) is 35.2. The molecule has 14 nitrogen and oxygen atoms in total. The molecule has 0 aromatic rings. The molecule has 264 valence electrons. The number of likely N-dealkylation sites (tertiary alicyclic amines) is 1. The summed E-state index contributed by atoms with van der Waals surface area (Å²) in [6, 6.07) is -4.92. The van der Waals surface area contributed by atoms with Crippen LogP contribution < -0.4 is 26.6 Å². The first-order chi connectivity index (χ1) is 22.0. The van der Waals surface area contributed by atoms with Crippen molar-refractivity contribution in [3.63, 3.8) is 0 Å². The number of carbonyl (C=O) groups excluding carboxylic acids is 7. The Labute approximate surface area is 277 Å². The summed E-state index contributed by atoms with van der Waals surface area (Å²) in [6.45, 7) is 12.5. The number of Topliss-reactive ketones (excluding diaryl/α,β-unsaturated/α-hetero) is 1. The molecular formula is C33H54N6O8. The van der Waals surface area contributed by atoms with Gasteiger partial charge in [0.2, 0.25) is 29.4 Å². The number of ether oxygens (including phenoxy) is 1. The molecule has 1 unspecified atom stereocenters. The van der Waals surface area contributed by atoms with Crippen LogP contribution in [-0.2, 0) is 33.5 Å². The number of methoxy groups -OCH3 is 1. The minimum atomic E-state index is -1.06. The molecule has 3 rings (SSSR count). The average Bonchev–Trinajstić information content (AvgIpc) is 3.56. The summed E-state index contributed by atoms with van der Waals surface area (Å²) in [5, 5.41) is 13.4. The maximum atomic E-state index is 14.3. The molecule has 2 aliphatic carbocycles. The van der Waals surface area contributed by atoms with Gasteiger partial charge in [-0.2, -0.15) is 0 Å². The Balaban J connectivity index is 1.80. The van der Waals surface area contributed by atoms with E-state index in [-0.39, 0.29) is 30.2 Å². The van der Waals surface area contributed by atoms with Gasteiger partial charge in [-0.25, -0.2) is 4.79 Å². The Hall–Kier alpha value is -3.71. The summed E-state index contributed by atoms with van der Waals surface area (Å²) in [7, 11) is 1.17. The van der Waals surface area contributed by atoms with E-state index in [1.807, 2.05) is 6.92 Å². The number of hydrogen-bond donors (Lipinski definition) is 5.